The second-order valence-corrected chi connectivity index (χ2v) is 4.90. The van der Waals surface area contributed by atoms with Gasteiger partial charge in [-0.15, -0.1) is 0 Å². The Morgan fingerprint density at radius 3 is 2.50 bits per heavy atom. The number of nitriles is 1. The van der Waals surface area contributed by atoms with Gasteiger partial charge in [-0.2, -0.15) is 5.26 Å². The molecule has 0 saturated heterocycles. The maximum atomic E-state index is 13.8. The van der Waals surface area contributed by atoms with E-state index in [1.54, 1.807) is 6.07 Å². The zero-order valence-electron chi connectivity index (χ0n) is 10.6. The van der Waals surface area contributed by atoms with E-state index in [9.17, 15) is 8.78 Å². The molecule has 20 heavy (non-hydrogen) atoms. The average molecular weight is 270 g/mol. The van der Waals surface area contributed by atoms with E-state index in [1.165, 1.54) is 17.7 Å². The second kappa shape index (κ2) is 4.93. The summed E-state index contributed by atoms with van der Waals surface area (Å²) in [6.07, 6.45) is 0.894. The Balaban J connectivity index is 1.75. The van der Waals surface area contributed by atoms with E-state index < -0.39 is 11.6 Å². The lowest BCUT2D eigenvalue weighted by Gasteiger charge is -2.08. The van der Waals surface area contributed by atoms with Crippen LogP contribution in [0.25, 0.3) is 0 Å². The number of benzene rings is 2. The Hall–Kier alpha value is -2.41. The van der Waals surface area contributed by atoms with Gasteiger partial charge in [-0.3, -0.25) is 0 Å². The van der Waals surface area contributed by atoms with Crippen LogP contribution in [0.4, 0.5) is 14.5 Å². The molecule has 0 amide bonds. The third kappa shape index (κ3) is 2.23. The summed E-state index contributed by atoms with van der Waals surface area (Å²) in [5, 5.41) is 11.6. The largest absolute Gasteiger partial charge is 0.379 e. The lowest BCUT2D eigenvalue weighted by molar-refractivity contribution is 0.508. The molecule has 0 bridgehead atoms. The van der Waals surface area contributed by atoms with E-state index in [0.29, 0.717) is 5.92 Å². The Labute approximate surface area is 115 Å². The number of nitrogens with zero attached hydrogens (tertiary/aromatic N) is 1. The van der Waals surface area contributed by atoms with Crippen LogP contribution >= 0.6 is 0 Å². The van der Waals surface area contributed by atoms with Gasteiger partial charge in [0.05, 0.1) is 11.3 Å². The van der Waals surface area contributed by atoms with Crippen molar-refractivity contribution in [1.82, 2.24) is 0 Å². The van der Waals surface area contributed by atoms with E-state index in [1.807, 2.05) is 30.3 Å². The van der Waals surface area contributed by atoms with Crippen molar-refractivity contribution < 1.29 is 8.78 Å². The molecule has 2 aromatic carbocycles. The highest BCUT2D eigenvalue weighted by Gasteiger charge is 2.38. The second-order valence-electron chi connectivity index (χ2n) is 4.90. The highest BCUT2D eigenvalue weighted by atomic mass is 19.2. The number of hydrogen-bond donors (Lipinski definition) is 1. The minimum absolute atomic E-state index is 0.110. The summed E-state index contributed by atoms with van der Waals surface area (Å²) < 4.78 is 27.3. The van der Waals surface area contributed by atoms with Gasteiger partial charge >= 0.3 is 0 Å². The maximum absolute atomic E-state index is 13.8. The van der Waals surface area contributed by atoms with Crippen LogP contribution in [0.5, 0.6) is 0 Å². The minimum Gasteiger partial charge on any atom is -0.379 e. The summed E-state index contributed by atoms with van der Waals surface area (Å²) in [4.78, 5) is 0. The molecule has 2 nitrogen and oxygen atoms in total. The maximum Gasteiger partial charge on any atom is 0.183 e. The van der Waals surface area contributed by atoms with Gasteiger partial charge in [0.25, 0.3) is 0 Å². The molecule has 0 heterocycles. The zero-order valence-corrected chi connectivity index (χ0v) is 10.6. The summed E-state index contributed by atoms with van der Waals surface area (Å²) in [6, 6.07) is 14.4. The first-order chi connectivity index (χ1) is 9.70. The first-order valence-electron chi connectivity index (χ1n) is 6.40. The fourth-order valence-corrected chi connectivity index (χ4v) is 2.37. The Morgan fingerprint density at radius 1 is 1.05 bits per heavy atom. The van der Waals surface area contributed by atoms with E-state index in [4.69, 9.17) is 5.26 Å². The van der Waals surface area contributed by atoms with Crippen LogP contribution in [0.15, 0.2) is 42.5 Å². The van der Waals surface area contributed by atoms with Crippen LogP contribution in [0.1, 0.15) is 23.5 Å². The van der Waals surface area contributed by atoms with Gasteiger partial charge in [-0.05, 0) is 24.1 Å². The van der Waals surface area contributed by atoms with Crippen LogP contribution in [-0.2, 0) is 0 Å². The Bertz CT molecular complexity index is 677. The standard InChI is InChI=1S/C16H12F2N2/c17-15-11(9-19)6-7-13(16(15)18)20-14-8-12(14)10-4-2-1-3-5-10/h1-7,12,14,20H,8H2. The lowest BCUT2D eigenvalue weighted by atomic mass is 10.1. The zero-order chi connectivity index (χ0) is 14.1. The Morgan fingerprint density at radius 2 is 1.80 bits per heavy atom. The van der Waals surface area contributed by atoms with Crippen molar-refractivity contribution in [3.8, 4) is 6.07 Å². The quantitative estimate of drug-likeness (QED) is 0.920. The van der Waals surface area contributed by atoms with Crippen LogP contribution in [0, 0.1) is 23.0 Å². The van der Waals surface area contributed by atoms with Gasteiger partial charge in [0.15, 0.2) is 11.6 Å². The van der Waals surface area contributed by atoms with Crippen molar-refractivity contribution >= 4 is 5.69 Å². The molecule has 1 N–H and O–H groups in total. The summed E-state index contributed by atoms with van der Waals surface area (Å²) in [5.41, 5.74) is 1.04. The summed E-state index contributed by atoms with van der Waals surface area (Å²) >= 11 is 0. The van der Waals surface area contributed by atoms with Crippen molar-refractivity contribution in [2.75, 3.05) is 5.32 Å². The van der Waals surface area contributed by atoms with E-state index >= 15 is 0 Å². The van der Waals surface area contributed by atoms with Crippen molar-refractivity contribution in [2.45, 2.75) is 18.4 Å². The van der Waals surface area contributed by atoms with Gasteiger partial charge in [-0.25, -0.2) is 8.78 Å². The summed E-state index contributed by atoms with van der Waals surface area (Å²) in [6.45, 7) is 0. The first kappa shape index (κ1) is 12.6. The summed E-state index contributed by atoms with van der Waals surface area (Å²) in [7, 11) is 0. The molecule has 2 atom stereocenters. The molecule has 1 saturated carbocycles. The summed E-state index contributed by atoms with van der Waals surface area (Å²) in [5.74, 6) is -1.74. The van der Waals surface area contributed by atoms with Gasteiger partial charge in [-0.1, -0.05) is 30.3 Å². The average Bonchev–Trinajstić information content (AvgIpc) is 3.24. The molecule has 1 aliphatic rings. The molecule has 3 rings (SSSR count). The minimum atomic E-state index is -1.09. The van der Waals surface area contributed by atoms with E-state index in [-0.39, 0.29) is 17.3 Å². The first-order valence-corrected chi connectivity index (χ1v) is 6.40. The van der Waals surface area contributed by atoms with Gasteiger partial charge in [0, 0.05) is 12.0 Å². The molecule has 100 valence electrons. The van der Waals surface area contributed by atoms with Crippen molar-refractivity contribution in [2.24, 2.45) is 0 Å². The van der Waals surface area contributed by atoms with E-state index in [0.717, 1.165) is 6.42 Å². The number of hydrogen-bond acceptors (Lipinski definition) is 2. The SMILES string of the molecule is N#Cc1ccc(NC2CC2c2ccccc2)c(F)c1F. The number of halogens is 2. The highest BCUT2D eigenvalue weighted by molar-refractivity contribution is 5.52. The molecule has 0 aliphatic heterocycles. The molecule has 2 unspecified atom stereocenters. The normalized spacial score (nSPS) is 20.2. The predicted octanol–water partition coefficient (Wildman–Crippen LogP) is 3.80. The third-order valence-corrected chi connectivity index (χ3v) is 3.56. The predicted molar refractivity (Wildman–Crippen MR) is 72.3 cm³/mol. The highest BCUT2D eigenvalue weighted by Crippen LogP contribution is 2.43. The van der Waals surface area contributed by atoms with Crippen molar-refractivity contribution in [3.05, 3.63) is 65.2 Å². The third-order valence-electron chi connectivity index (χ3n) is 3.56. The van der Waals surface area contributed by atoms with E-state index in [2.05, 4.69) is 5.32 Å². The molecular formula is C16H12F2N2. The number of rotatable bonds is 3. The lowest BCUT2D eigenvalue weighted by Crippen LogP contribution is -2.07. The molecule has 0 spiro atoms. The fraction of sp³-hybridized carbons (Fsp3) is 0.188. The number of nitrogens with one attached hydrogen (secondary N) is 1. The molecule has 2 aromatic rings. The van der Waals surface area contributed by atoms with Crippen molar-refractivity contribution in [1.29, 1.82) is 5.26 Å². The van der Waals surface area contributed by atoms with Crippen LogP contribution in [0.2, 0.25) is 0 Å². The van der Waals surface area contributed by atoms with Crippen LogP contribution in [0.3, 0.4) is 0 Å². The van der Waals surface area contributed by atoms with Crippen molar-refractivity contribution in [3.63, 3.8) is 0 Å². The van der Waals surface area contributed by atoms with Gasteiger partial charge in [0.1, 0.15) is 6.07 Å². The monoisotopic (exact) mass is 270 g/mol. The van der Waals surface area contributed by atoms with Gasteiger partial charge < -0.3 is 5.32 Å². The number of anilines is 1. The smallest absolute Gasteiger partial charge is 0.183 e. The molecule has 0 radical (unpaired) electrons. The topological polar surface area (TPSA) is 35.8 Å². The Kier molecular flexibility index (Phi) is 3.11. The van der Waals surface area contributed by atoms with Gasteiger partial charge in [0.2, 0.25) is 0 Å². The molecular weight excluding hydrogens is 258 g/mol. The van der Waals surface area contributed by atoms with Crippen LogP contribution < -0.4 is 5.32 Å². The molecule has 0 aromatic heterocycles. The van der Waals surface area contributed by atoms with Crippen LogP contribution in [-0.4, -0.2) is 6.04 Å². The molecule has 1 fully saturated rings. The fourth-order valence-electron chi connectivity index (χ4n) is 2.37. The molecule has 4 heteroatoms. The molecule has 1 aliphatic carbocycles.